The number of thioether (sulfide) groups is 1. The summed E-state index contributed by atoms with van der Waals surface area (Å²) in [6.45, 7) is 3.60. The summed E-state index contributed by atoms with van der Waals surface area (Å²) in [6.07, 6.45) is 0. The average Bonchev–Trinajstić information content (AvgIpc) is 2.71. The molecule has 1 N–H and O–H groups in total. The molecular formula is C24H23NO3S. The van der Waals surface area contributed by atoms with E-state index in [4.69, 9.17) is 4.74 Å². The number of rotatable bonds is 7. The van der Waals surface area contributed by atoms with E-state index in [0.717, 1.165) is 21.6 Å². The van der Waals surface area contributed by atoms with Crippen LogP contribution in [0.4, 0.5) is 5.69 Å². The van der Waals surface area contributed by atoms with E-state index in [1.54, 1.807) is 0 Å². The molecular weight excluding hydrogens is 382 g/mol. The summed E-state index contributed by atoms with van der Waals surface area (Å²) < 4.78 is 5.35. The van der Waals surface area contributed by atoms with Gasteiger partial charge >= 0.3 is 5.97 Å². The fourth-order valence-corrected chi connectivity index (χ4v) is 4.02. The number of benzene rings is 3. The normalized spacial score (nSPS) is 11.5. The van der Waals surface area contributed by atoms with Crippen molar-refractivity contribution in [3.8, 4) is 0 Å². The number of nitrogens with one attached hydrogen (secondary N) is 1. The fourth-order valence-electron chi connectivity index (χ4n) is 2.97. The van der Waals surface area contributed by atoms with Crippen molar-refractivity contribution in [2.45, 2.75) is 24.0 Å². The van der Waals surface area contributed by atoms with Crippen LogP contribution in [0.3, 0.4) is 0 Å². The van der Waals surface area contributed by atoms with E-state index in [1.807, 2.05) is 92.7 Å². The minimum Gasteiger partial charge on any atom is -0.454 e. The van der Waals surface area contributed by atoms with Crippen LogP contribution in [-0.2, 0) is 14.3 Å². The summed E-state index contributed by atoms with van der Waals surface area (Å²) >= 11 is 1.40. The van der Waals surface area contributed by atoms with Gasteiger partial charge in [-0.25, -0.2) is 0 Å². The molecule has 4 nitrogen and oxygen atoms in total. The van der Waals surface area contributed by atoms with Gasteiger partial charge in [-0.15, -0.1) is 11.8 Å². The number of carbonyl (C=O) groups excluding carboxylic acids is 2. The molecule has 29 heavy (non-hydrogen) atoms. The first-order chi connectivity index (χ1) is 14.0. The minimum absolute atomic E-state index is 0.329. The molecule has 0 spiro atoms. The SMILES string of the molecule is Cc1cc(C)cc(NC(=O)COC(=O)[C@H](Sc2ccccc2)c2ccccc2)c1. The van der Waals surface area contributed by atoms with Crippen molar-refractivity contribution in [2.24, 2.45) is 0 Å². The Kier molecular flexibility index (Phi) is 7.09. The van der Waals surface area contributed by atoms with Gasteiger partial charge in [-0.2, -0.15) is 0 Å². The predicted molar refractivity (Wildman–Crippen MR) is 117 cm³/mol. The standard InChI is InChI=1S/C24H23NO3S/c1-17-13-18(2)15-20(14-17)25-22(26)16-28-24(27)23(19-9-5-3-6-10-19)29-21-11-7-4-8-12-21/h3-15,23H,16H2,1-2H3,(H,25,26)/t23-/m1/s1. The monoisotopic (exact) mass is 405 g/mol. The zero-order valence-electron chi connectivity index (χ0n) is 16.4. The second kappa shape index (κ2) is 9.94. The average molecular weight is 406 g/mol. The van der Waals surface area contributed by atoms with Gasteiger partial charge in [0.15, 0.2) is 6.61 Å². The van der Waals surface area contributed by atoms with Crippen LogP contribution in [0.2, 0.25) is 0 Å². The molecule has 0 aliphatic heterocycles. The highest BCUT2D eigenvalue weighted by molar-refractivity contribution is 8.00. The Morgan fingerprint density at radius 3 is 2.10 bits per heavy atom. The molecule has 1 amide bonds. The molecule has 0 aliphatic carbocycles. The number of amides is 1. The van der Waals surface area contributed by atoms with Crippen LogP contribution < -0.4 is 5.32 Å². The third-order valence-electron chi connectivity index (χ3n) is 4.16. The van der Waals surface area contributed by atoms with E-state index in [1.165, 1.54) is 11.8 Å². The van der Waals surface area contributed by atoms with Crippen molar-refractivity contribution < 1.29 is 14.3 Å². The van der Waals surface area contributed by atoms with Gasteiger partial charge < -0.3 is 10.1 Å². The van der Waals surface area contributed by atoms with Crippen LogP contribution in [0, 0.1) is 13.8 Å². The first-order valence-electron chi connectivity index (χ1n) is 9.33. The van der Waals surface area contributed by atoms with Crippen LogP contribution in [0.15, 0.2) is 83.8 Å². The van der Waals surface area contributed by atoms with E-state index in [-0.39, 0.29) is 12.5 Å². The summed E-state index contributed by atoms with van der Waals surface area (Å²) in [6, 6.07) is 24.9. The molecule has 3 rings (SSSR count). The van der Waals surface area contributed by atoms with E-state index < -0.39 is 11.2 Å². The molecule has 0 radical (unpaired) electrons. The van der Waals surface area contributed by atoms with Crippen LogP contribution in [-0.4, -0.2) is 18.5 Å². The molecule has 0 saturated heterocycles. The molecule has 3 aromatic carbocycles. The lowest BCUT2D eigenvalue weighted by molar-refractivity contribution is -0.146. The van der Waals surface area contributed by atoms with Crippen molar-refractivity contribution >= 4 is 29.3 Å². The number of hydrogen-bond donors (Lipinski definition) is 1. The van der Waals surface area contributed by atoms with Crippen molar-refractivity contribution in [2.75, 3.05) is 11.9 Å². The van der Waals surface area contributed by atoms with Gasteiger partial charge in [0.25, 0.3) is 5.91 Å². The Bertz CT molecular complexity index is 954. The van der Waals surface area contributed by atoms with E-state index in [9.17, 15) is 9.59 Å². The Hall–Kier alpha value is -3.05. The summed E-state index contributed by atoms with van der Waals surface area (Å²) in [5.41, 5.74) is 3.64. The highest BCUT2D eigenvalue weighted by atomic mass is 32.2. The first-order valence-corrected chi connectivity index (χ1v) is 10.2. The lowest BCUT2D eigenvalue weighted by atomic mass is 10.1. The Morgan fingerprint density at radius 2 is 1.48 bits per heavy atom. The van der Waals surface area contributed by atoms with Crippen molar-refractivity contribution in [3.63, 3.8) is 0 Å². The predicted octanol–water partition coefficient (Wildman–Crippen LogP) is 5.32. The largest absolute Gasteiger partial charge is 0.454 e. The van der Waals surface area contributed by atoms with E-state index in [0.29, 0.717) is 5.69 Å². The lowest BCUT2D eigenvalue weighted by Gasteiger charge is -2.16. The minimum atomic E-state index is -0.549. The van der Waals surface area contributed by atoms with Crippen LogP contribution in [0.25, 0.3) is 0 Å². The highest BCUT2D eigenvalue weighted by Gasteiger charge is 2.24. The molecule has 0 heterocycles. The van der Waals surface area contributed by atoms with Gasteiger partial charge in [0.1, 0.15) is 5.25 Å². The summed E-state index contributed by atoms with van der Waals surface area (Å²) in [7, 11) is 0. The number of esters is 1. The van der Waals surface area contributed by atoms with Crippen LogP contribution >= 0.6 is 11.8 Å². The van der Waals surface area contributed by atoms with Crippen molar-refractivity contribution in [1.82, 2.24) is 0 Å². The Balaban J connectivity index is 1.65. The molecule has 0 aromatic heterocycles. The molecule has 1 atom stereocenters. The molecule has 0 unspecified atom stereocenters. The third-order valence-corrected chi connectivity index (χ3v) is 5.41. The second-order valence-corrected chi connectivity index (χ2v) is 7.93. The number of aryl methyl sites for hydroxylation is 2. The molecule has 148 valence electrons. The lowest BCUT2D eigenvalue weighted by Crippen LogP contribution is -2.23. The number of anilines is 1. The van der Waals surface area contributed by atoms with E-state index in [2.05, 4.69) is 5.32 Å². The van der Waals surface area contributed by atoms with Crippen LogP contribution in [0.1, 0.15) is 21.9 Å². The van der Waals surface area contributed by atoms with Gasteiger partial charge in [0.05, 0.1) is 0 Å². The maximum atomic E-state index is 12.8. The second-order valence-electron chi connectivity index (χ2n) is 6.75. The van der Waals surface area contributed by atoms with Gasteiger partial charge in [-0.05, 0) is 54.8 Å². The quantitative estimate of drug-likeness (QED) is 0.427. The van der Waals surface area contributed by atoms with Gasteiger partial charge in [0, 0.05) is 10.6 Å². The number of carbonyl (C=O) groups is 2. The molecule has 0 aliphatic rings. The van der Waals surface area contributed by atoms with Gasteiger partial charge in [-0.1, -0.05) is 54.6 Å². The molecule has 3 aromatic rings. The maximum absolute atomic E-state index is 12.8. The Morgan fingerprint density at radius 1 is 0.897 bits per heavy atom. The Labute approximate surface area is 175 Å². The molecule has 0 saturated carbocycles. The topological polar surface area (TPSA) is 55.4 Å². The summed E-state index contributed by atoms with van der Waals surface area (Å²) in [5.74, 6) is -0.805. The molecule has 0 bridgehead atoms. The summed E-state index contributed by atoms with van der Waals surface area (Å²) in [4.78, 5) is 26.0. The van der Waals surface area contributed by atoms with Gasteiger partial charge in [-0.3, -0.25) is 9.59 Å². The number of hydrogen-bond acceptors (Lipinski definition) is 4. The van der Waals surface area contributed by atoms with Crippen LogP contribution in [0.5, 0.6) is 0 Å². The highest BCUT2D eigenvalue weighted by Crippen LogP contribution is 2.36. The zero-order valence-corrected chi connectivity index (χ0v) is 17.2. The fraction of sp³-hybridized carbons (Fsp3) is 0.167. The van der Waals surface area contributed by atoms with Gasteiger partial charge in [0.2, 0.25) is 0 Å². The third kappa shape index (κ3) is 6.22. The first kappa shape index (κ1) is 20.7. The summed E-state index contributed by atoms with van der Waals surface area (Å²) in [5, 5.41) is 2.24. The van der Waals surface area contributed by atoms with E-state index >= 15 is 0 Å². The maximum Gasteiger partial charge on any atom is 0.324 e. The van der Waals surface area contributed by atoms with Crippen molar-refractivity contribution in [1.29, 1.82) is 0 Å². The smallest absolute Gasteiger partial charge is 0.324 e. The number of ether oxygens (including phenoxy) is 1. The van der Waals surface area contributed by atoms with Crippen molar-refractivity contribution in [3.05, 3.63) is 95.6 Å². The zero-order chi connectivity index (χ0) is 20.6. The molecule has 0 fully saturated rings. The molecule has 5 heteroatoms.